The third kappa shape index (κ3) is 16.7. The number of rotatable bonds is 17. The zero-order valence-corrected chi connectivity index (χ0v) is 49.8. The lowest BCUT2D eigenvalue weighted by atomic mass is 9.83. The van der Waals surface area contributed by atoms with Crippen molar-refractivity contribution >= 4 is 51.6 Å². The Morgan fingerprint density at radius 1 is 0.910 bits per heavy atom. The lowest BCUT2D eigenvalue weighted by Gasteiger charge is -2.49. The number of carbonyl (C=O) groups excluding carboxylic acids is 2. The molecular formula is C56H82FN13O18S. The maximum atomic E-state index is 15.3. The van der Waals surface area contributed by atoms with Crippen LogP contribution in [0, 0.1) is 11.7 Å². The number of carboxylic acids is 1. The number of aromatic nitrogens is 4. The van der Waals surface area contributed by atoms with E-state index in [2.05, 4.69) is 25.6 Å². The molecule has 2 saturated carbocycles. The predicted molar refractivity (Wildman–Crippen MR) is 318 cm³/mol. The van der Waals surface area contributed by atoms with Crippen LogP contribution in [0.2, 0.25) is 0 Å². The summed E-state index contributed by atoms with van der Waals surface area (Å²) in [5.41, 5.74) is 35.3. The number of aryl methyl sites for hydroxylation is 1. The number of nitrogens with one attached hydrogen (secondary N) is 2. The van der Waals surface area contributed by atoms with Gasteiger partial charge in [0.05, 0.1) is 42.9 Å². The number of carbonyl (C=O) groups is 3. The molecular weight excluding hydrogens is 1190 g/mol. The number of aliphatic hydroxyl groups is 8. The molecule has 492 valence electrons. The molecule has 33 heteroatoms. The van der Waals surface area contributed by atoms with Crippen molar-refractivity contribution in [3.05, 3.63) is 87.7 Å². The van der Waals surface area contributed by atoms with Gasteiger partial charge in [-0.25, -0.2) is 14.2 Å². The van der Waals surface area contributed by atoms with Gasteiger partial charge in [-0.05, 0) is 82.2 Å². The number of carboxylic acid groups (broad SMARTS) is 1. The molecule has 3 aromatic heterocycles. The van der Waals surface area contributed by atoms with Gasteiger partial charge in [0.2, 0.25) is 11.3 Å². The minimum absolute atomic E-state index is 0.0101. The van der Waals surface area contributed by atoms with Crippen LogP contribution in [0.1, 0.15) is 83.6 Å². The van der Waals surface area contributed by atoms with E-state index in [0.717, 1.165) is 56.5 Å². The summed E-state index contributed by atoms with van der Waals surface area (Å²) in [6.07, 6.45) is -7.56. The van der Waals surface area contributed by atoms with Gasteiger partial charge in [-0.2, -0.15) is 0 Å². The Kier molecular flexibility index (Phi) is 25.0. The van der Waals surface area contributed by atoms with Gasteiger partial charge in [0, 0.05) is 73.8 Å². The van der Waals surface area contributed by atoms with Crippen molar-refractivity contribution in [1.29, 1.82) is 0 Å². The minimum Gasteiger partial charge on any atom is -0.492 e. The molecule has 10 rings (SSSR count). The molecule has 2 aliphatic carbocycles. The smallest absolute Gasteiger partial charge is 0.341 e. The maximum Gasteiger partial charge on any atom is 0.341 e. The highest BCUT2D eigenvalue weighted by Gasteiger charge is 2.53. The van der Waals surface area contributed by atoms with E-state index in [1.807, 2.05) is 24.0 Å². The summed E-state index contributed by atoms with van der Waals surface area (Å²) in [6, 6.07) is 1.90. The first-order chi connectivity index (χ1) is 42.4. The second-order valence-corrected chi connectivity index (χ2v) is 22.8. The van der Waals surface area contributed by atoms with E-state index in [-0.39, 0.29) is 48.6 Å². The number of hydrogen-bond donors (Lipinski definition) is 17. The molecule has 2 amide bonds. The van der Waals surface area contributed by atoms with Crippen LogP contribution in [0.3, 0.4) is 0 Å². The molecule has 4 aromatic rings. The summed E-state index contributed by atoms with van der Waals surface area (Å²) in [4.78, 5) is 61.1. The fourth-order valence-electron chi connectivity index (χ4n) is 11.3. The predicted octanol–water partition coefficient (Wildman–Crippen LogP) is -5.20. The number of pyridine rings is 2. The Labute approximate surface area is 515 Å². The number of piperidine rings is 1. The Morgan fingerprint density at radius 2 is 1.61 bits per heavy atom. The fourth-order valence-corrected chi connectivity index (χ4v) is 11.4. The van der Waals surface area contributed by atoms with E-state index < -0.39 is 133 Å². The Bertz CT molecular complexity index is 3090. The normalized spacial score (nSPS) is 31.0. The Morgan fingerprint density at radius 3 is 2.19 bits per heavy atom. The number of aliphatic hydroxyl groups excluding tert-OH is 8. The van der Waals surface area contributed by atoms with E-state index in [1.165, 1.54) is 38.0 Å². The monoisotopic (exact) mass is 1280 g/mol. The minimum atomic E-state index is -1.76. The molecule has 0 unspecified atom stereocenters. The number of amides is 2. The van der Waals surface area contributed by atoms with Crippen molar-refractivity contribution in [2.75, 3.05) is 51.3 Å². The lowest BCUT2D eigenvalue weighted by Crippen LogP contribution is -2.69. The van der Waals surface area contributed by atoms with Crippen LogP contribution >= 0.6 is 12.2 Å². The van der Waals surface area contributed by atoms with Gasteiger partial charge < -0.3 is 124 Å². The summed E-state index contributed by atoms with van der Waals surface area (Å²) >= 11 is 4.82. The number of benzene rings is 1. The molecule has 4 saturated heterocycles. The van der Waals surface area contributed by atoms with E-state index in [1.54, 1.807) is 10.8 Å². The standard InChI is InChI=1S/C22H43N5O13.C21H24FN3O4.C8H10N2S.C5H5N3O/c23-2-1-8(29)20(36)27-7-3-6(25)18(39-22-16(34)15(33)13(31)9(4-24)37-22)17(35)19(7)40-21-14(32)11(26)12(30)10(5-28)38-21;1-29-20-17-13(19(26)14(21(27)28)9-25(17)12-4-5-12)7-15(22)18(20)24-8-11-3-2-6-23-16(11)10-24;1-2-7-5-6(8(9)11)3-4-10-7;6-5(9)4-3-7-1-2-8-4/h6-19,21-22,28-35H,1-5,23-26H2,(H,27,36);7,9,11-12,16,23H,2-6,8,10H2,1H3,(H,27,28);3-5H,2H2,1H3,(H2,9,11);1-3H,(H2,6,9)/t6-,7+,8-,9+,10+,11-,12+,13+,14+,15-,16+,17-,18+,19-,21+,22+;11-,16+;;/m00../s1. The molecule has 18 atom stereocenters. The number of ether oxygens (including phenoxy) is 5. The van der Waals surface area contributed by atoms with Crippen LogP contribution in [-0.2, 0) is 30.2 Å². The maximum absolute atomic E-state index is 15.3. The van der Waals surface area contributed by atoms with Crippen LogP contribution in [0.25, 0.3) is 10.9 Å². The van der Waals surface area contributed by atoms with Crippen LogP contribution in [0.5, 0.6) is 5.75 Å². The highest BCUT2D eigenvalue weighted by Crippen LogP contribution is 2.45. The van der Waals surface area contributed by atoms with Gasteiger partial charge in [-0.15, -0.1) is 0 Å². The number of nitrogens with two attached hydrogens (primary N) is 6. The first-order valence-electron chi connectivity index (χ1n) is 29.1. The van der Waals surface area contributed by atoms with Crippen LogP contribution in [0.4, 0.5) is 10.1 Å². The number of primary amides is 1. The molecule has 7 heterocycles. The quantitative estimate of drug-likeness (QED) is 0.0439. The third-order valence-electron chi connectivity index (χ3n) is 16.3. The highest BCUT2D eigenvalue weighted by atomic mass is 32.1. The molecule has 0 spiro atoms. The van der Waals surface area contributed by atoms with Crippen molar-refractivity contribution in [3.63, 3.8) is 0 Å². The molecule has 6 aliphatic rings. The van der Waals surface area contributed by atoms with Crippen LogP contribution < -0.4 is 60.1 Å². The second-order valence-electron chi connectivity index (χ2n) is 22.4. The number of hydrogen-bond acceptors (Lipinski definition) is 27. The first-order valence-corrected chi connectivity index (χ1v) is 29.5. The number of thiocarbonyl (C=S) groups is 1. The molecule has 31 nitrogen and oxygen atoms in total. The van der Waals surface area contributed by atoms with Crippen molar-refractivity contribution in [3.8, 4) is 5.75 Å². The second kappa shape index (κ2) is 31.7. The van der Waals surface area contributed by atoms with Gasteiger partial charge in [-0.1, -0.05) is 19.1 Å². The van der Waals surface area contributed by atoms with Gasteiger partial charge in [0.1, 0.15) is 89.1 Å². The van der Waals surface area contributed by atoms with Gasteiger partial charge >= 0.3 is 5.97 Å². The van der Waals surface area contributed by atoms with E-state index in [9.17, 15) is 65.1 Å². The molecule has 6 fully saturated rings. The highest BCUT2D eigenvalue weighted by molar-refractivity contribution is 7.80. The Hall–Kier alpha value is -6.19. The first kappa shape index (κ1) is 70.3. The molecule has 89 heavy (non-hydrogen) atoms. The van der Waals surface area contributed by atoms with Crippen molar-refractivity contribution in [1.82, 2.24) is 30.2 Å². The molecule has 0 bridgehead atoms. The lowest BCUT2D eigenvalue weighted by molar-refractivity contribution is -0.332. The van der Waals surface area contributed by atoms with Gasteiger partial charge in [-0.3, -0.25) is 24.4 Å². The summed E-state index contributed by atoms with van der Waals surface area (Å²) in [6.45, 7) is 3.54. The van der Waals surface area contributed by atoms with Gasteiger partial charge in [0.25, 0.3) is 5.91 Å². The summed E-state index contributed by atoms with van der Waals surface area (Å²) in [5.74, 6) is -2.46. The van der Waals surface area contributed by atoms with E-state index in [4.69, 9.17) is 70.3 Å². The van der Waals surface area contributed by atoms with Gasteiger partial charge in [0.15, 0.2) is 24.1 Å². The van der Waals surface area contributed by atoms with Crippen molar-refractivity contribution in [2.24, 2.45) is 40.3 Å². The van der Waals surface area contributed by atoms with Crippen LogP contribution in [0.15, 0.2) is 54.0 Å². The van der Waals surface area contributed by atoms with E-state index >= 15 is 4.39 Å². The number of methoxy groups -OCH3 is 1. The molecule has 1 aromatic carbocycles. The zero-order chi connectivity index (χ0) is 65.1. The SMILES string of the molecule is CCc1cc(C(N)=S)ccn1.COc1c(N2C[C@@H]3CCCN[C@@H]3C2)c(F)cc2c(=O)c(C(=O)O)cn(C3CC3)c12.NC(=O)c1cnccn1.NCC[C@H](O)C(=O)N[C@@H]1C[C@H](N)[C@@H](O[C@H]2O[C@H](CN)[C@@H](O)[C@H](O)[C@H]2O)[C@H](O)[C@H]1O[C@H]1O[C@H](CO)[C@@H](O)[C@H](N)[C@H]1O. The average molecular weight is 1280 g/mol. The molecule has 4 aliphatic heterocycles. The summed E-state index contributed by atoms with van der Waals surface area (Å²) < 4.78 is 45.3. The number of halogens is 1. The fraction of sp³-hybridized carbons (Fsp3) is 0.607. The number of aromatic carboxylic acids is 1. The largest absolute Gasteiger partial charge is 0.492 e. The molecule has 23 N–H and O–H groups in total. The summed E-state index contributed by atoms with van der Waals surface area (Å²) in [5, 5.41) is 97.9. The van der Waals surface area contributed by atoms with E-state index in [0.29, 0.717) is 40.4 Å². The topological polar surface area (TPSA) is 524 Å². The van der Waals surface area contributed by atoms with Crippen molar-refractivity contribution < 1.29 is 88.4 Å². The van der Waals surface area contributed by atoms with Crippen LogP contribution in [-0.4, -0.2) is 239 Å². The molecule has 0 radical (unpaired) electrons. The number of anilines is 1. The third-order valence-corrected chi connectivity index (χ3v) is 16.5. The Balaban J connectivity index is 0.000000197. The number of fused-ring (bicyclic) bond motifs is 2. The van der Waals surface area contributed by atoms with Crippen molar-refractivity contribution in [2.45, 2.75) is 162 Å². The summed E-state index contributed by atoms with van der Waals surface area (Å²) in [7, 11) is 1.48. The number of nitrogens with zero attached hydrogens (tertiary/aromatic N) is 5. The zero-order valence-electron chi connectivity index (χ0n) is 49.0. The average Bonchev–Trinajstić information content (AvgIpc) is 1.72.